The number of fused-ring (bicyclic) bond motifs is 2. The summed E-state index contributed by atoms with van der Waals surface area (Å²) in [4.78, 5) is 40.0. The zero-order valence-electron chi connectivity index (χ0n) is 22.4. The molecule has 1 aliphatic rings. The van der Waals surface area contributed by atoms with Crippen LogP contribution in [0.2, 0.25) is 0 Å². The fourth-order valence-electron chi connectivity index (χ4n) is 3.93. The maximum atomic E-state index is 14.0. The average Bonchev–Trinajstić information content (AvgIpc) is 3.04. The highest BCUT2D eigenvalue weighted by atomic mass is 16.6. The molecule has 0 radical (unpaired) electrons. The van der Waals surface area contributed by atoms with Crippen molar-refractivity contribution in [2.75, 3.05) is 31.8 Å². The molecule has 0 aliphatic carbocycles. The predicted molar refractivity (Wildman–Crippen MR) is 143 cm³/mol. The van der Waals surface area contributed by atoms with Gasteiger partial charge >= 0.3 is 11.9 Å². The van der Waals surface area contributed by atoms with Gasteiger partial charge in [-0.2, -0.15) is 0 Å². The lowest BCUT2D eigenvalue weighted by Crippen LogP contribution is -2.35. The minimum absolute atomic E-state index is 0.108. The molecular weight excluding hydrogens is 502 g/mol. The molecule has 0 fully saturated rings. The van der Waals surface area contributed by atoms with Gasteiger partial charge in [0, 0.05) is 6.54 Å². The molecule has 0 unspecified atom stereocenters. The molecular formula is C30H31NO8. The highest BCUT2D eigenvalue weighted by Gasteiger charge is 2.32. The van der Waals surface area contributed by atoms with Crippen LogP contribution in [0.3, 0.4) is 0 Å². The maximum absolute atomic E-state index is 14.0. The van der Waals surface area contributed by atoms with Crippen molar-refractivity contribution in [3.8, 4) is 17.2 Å². The van der Waals surface area contributed by atoms with E-state index >= 15 is 0 Å². The second-order valence-electron chi connectivity index (χ2n) is 9.76. The number of methoxy groups -OCH3 is 1. The largest absolute Gasteiger partial charge is 0.481 e. The summed E-state index contributed by atoms with van der Waals surface area (Å²) in [5.74, 6) is -0.782. The van der Waals surface area contributed by atoms with Gasteiger partial charge in [-0.1, -0.05) is 36.4 Å². The first kappa shape index (κ1) is 27.7. The van der Waals surface area contributed by atoms with Crippen LogP contribution < -0.4 is 14.4 Å². The summed E-state index contributed by atoms with van der Waals surface area (Å²) < 4.78 is 27.9. The van der Waals surface area contributed by atoms with E-state index in [0.717, 1.165) is 5.56 Å². The maximum Gasteiger partial charge on any atom is 0.344 e. The van der Waals surface area contributed by atoms with Crippen LogP contribution in [0.1, 0.15) is 47.1 Å². The van der Waals surface area contributed by atoms with Crippen LogP contribution in [0.15, 0.2) is 66.7 Å². The van der Waals surface area contributed by atoms with Crippen LogP contribution >= 0.6 is 0 Å². The molecule has 0 saturated carbocycles. The first-order valence-electron chi connectivity index (χ1n) is 12.5. The van der Waals surface area contributed by atoms with Crippen molar-refractivity contribution in [1.82, 2.24) is 0 Å². The Balaban J connectivity index is 1.60. The monoisotopic (exact) mass is 533 g/mol. The van der Waals surface area contributed by atoms with E-state index in [1.807, 2.05) is 51.1 Å². The highest BCUT2D eigenvalue weighted by Crippen LogP contribution is 2.42. The zero-order chi connectivity index (χ0) is 28.0. The van der Waals surface area contributed by atoms with Gasteiger partial charge in [-0.3, -0.25) is 4.79 Å². The van der Waals surface area contributed by atoms with E-state index < -0.39 is 30.1 Å². The number of anilines is 1. The first-order valence-corrected chi connectivity index (χ1v) is 12.5. The van der Waals surface area contributed by atoms with E-state index in [2.05, 4.69) is 0 Å². The van der Waals surface area contributed by atoms with Crippen molar-refractivity contribution in [2.24, 2.45) is 0 Å². The van der Waals surface area contributed by atoms with Crippen LogP contribution in [0.5, 0.6) is 17.2 Å². The summed E-state index contributed by atoms with van der Waals surface area (Å²) in [6.45, 7) is 5.86. The summed E-state index contributed by atoms with van der Waals surface area (Å²) in [6.07, 6.45) is 0. The molecule has 204 valence electrons. The molecule has 39 heavy (non-hydrogen) atoms. The molecule has 1 aliphatic heterocycles. The van der Waals surface area contributed by atoms with Gasteiger partial charge in [-0.15, -0.1) is 0 Å². The number of amides is 1. The summed E-state index contributed by atoms with van der Waals surface area (Å²) in [7, 11) is 1.29. The number of nitrogens with zero attached hydrogens (tertiary/aromatic N) is 1. The second-order valence-corrected chi connectivity index (χ2v) is 9.76. The van der Waals surface area contributed by atoms with E-state index in [1.165, 1.54) is 12.0 Å². The lowest BCUT2D eigenvalue weighted by atomic mass is 10.1. The molecule has 3 aromatic rings. The summed E-state index contributed by atoms with van der Waals surface area (Å²) in [5.41, 5.74) is 1.21. The predicted octanol–water partition coefficient (Wildman–Crippen LogP) is 5.16. The topological polar surface area (TPSA) is 101 Å². The highest BCUT2D eigenvalue weighted by molar-refractivity contribution is 6.12. The normalized spacial score (nSPS) is 12.5. The van der Waals surface area contributed by atoms with Gasteiger partial charge < -0.3 is 28.6 Å². The molecule has 0 atom stereocenters. The first-order chi connectivity index (χ1) is 18.7. The van der Waals surface area contributed by atoms with E-state index in [4.69, 9.17) is 23.7 Å². The van der Waals surface area contributed by atoms with Gasteiger partial charge in [-0.25, -0.2) is 9.59 Å². The lowest BCUT2D eigenvalue weighted by Gasteiger charge is -2.26. The molecule has 3 aromatic carbocycles. The van der Waals surface area contributed by atoms with Gasteiger partial charge in [0.2, 0.25) is 0 Å². The van der Waals surface area contributed by atoms with Crippen molar-refractivity contribution >= 4 is 23.5 Å². The fourth-order valence-corrected chi connectivity index (χ4v) is 3.93. The lowest BCUT2D eigenvalue weighted by molar-refractivity contribution is -0.147. The molecule has 0 aromatic heterocycles. The molecule has 0 N–H and O–H groups in total. The zero-order valence-corrected chi connectivity index (χ0v) is 22.4. The standard InChI is InChI=1S/C30H31NO8/c1-30(2,3)38-16-15-31-22-17-21(29(34)35-4)13-14-23(22)39-25-12-8-11-24(27(25)28(31)33)36-19-26(32)37-18-20-9-6-5-7-10-20/h5-14,17H,15-16,18-19H2,1-4H3. The molecule has 9 nitrogen and oxygen atoms in total. The van der Waals surface area contributed by atoms with Crippen LogP contribution in [0, 0.1) is 0 Å². The summed E-state index contributed by atoms with van der Waals surface area (Å²) in [5, 5.41) is 0. The number of carbonyl (C=O) groups is 3. The molecule has 0 bridgehead atoms. The number of rotatable bonds is 9. The number of ether oxygens (including phenoxy) is 5. The number of hydrogen-bond acceptors (Lipinski definition) is 8. The van der Waals surface area contributed by atoms with E-state index in [-0.39, 0.29) is 42.4 Å². The van der Waals surface area contributed by atoms with Crippen molar-refractivity contribution in [3.63, 3.8) is 0 Å². The molecule has 1 heterocycles. The van der Waals surface area contributed by atoms with Gasteiger partial charge in [0.15, 0.2) is 12.4 Å². The minimum Gasteiger partial charge on any atom is -0.481 e. The van der Waals surface area contributed by atoms with Crippen molar-refractivity contribution in [1.29, 1.82) is 0 Å². The van der Waals surface area contributed by atoms with Crippen molar-refractivity contribution < 1.29 is 38.1 Å². The Morgan fingerprint density at radius 3 is 2.44 bits per heavy atom. The van der Waals surface area contributed by atoms with E-state index in [9.17, 15) is 14.4 Å². The molecule has 1 amide bonds. The quantitative estimate of drug-likeness (QED) is 0.348. The Hall–Kier alpha value is -4.37. The van der Waals surface area contributed by atoms with Gasteiger partial charge in [0.1, 0.15) is 23.7 Å². The molecule has 0 spiro atoms. The Kier molecular flexibility index (Phi) is 8.51. The SMILES string of the molecule is COC(=O)c1ccc2c(c1)N(CCOC(C)(C)C)C(=O)c1c(OCC(=O)OCc3ccccc3)cccc1O2. The smallest absolute Gasteiger partial charge is 0.344 e. The number of carbonyl (C=O) groups excluding carboxylic acids is 3. The van der Waals surface area contributed by atoms with Crippen LogP contribution in [0.25, 0.3) is 0 Å². The van der Waals surface area contributed by atoms with E-state index in [1.54, 1.807) is 36.4 Å². The average molecular weight is 534 g/mol. The van der Waals surface area contributed by atoms with Crippen molar-refractivity contribution in [3.05, 3.63) is 83.4 Å². The third-order valence-electron chi connectivity index (χ3n) is 5.78. The molecule has 4 rings (SSSR count). The summed E-state index contributed by atoms with van der Waals surface area (Å²) in [6, 6.07) is 18.9. The Morgan fingerprint density at radius 2 is 1.72 bits per heavy atom. The Bertz CT molecular complexity index is 1350. The van der Waals surface area contributed by atoms with Crippen molar-refractivity contribution in [2.45, 2.75) is 33.0 Å². The van der Waals surface area contributed by atoms with Gasteiger partial charge in [0.25, 0.3) is 5.91 Å². The third kappa shape index (κ3) is 6.94. The fraction of sp³-hybridized carbons (Fsp3) is 0.300. The number of esters is 2. The molecule has 0 saturated heterocycles. The minimum atomic E-state index is -0.583. The summed E-state index contributed by atoms with van der Waals surface area (Å²) >= 11 is 0. The van der Waals surface area contributed by atoms with E-state index in [0.29, 0.717) is 11.4 Å². The third-order valence-corrected chi connectivity index (χ3v) is 5.78. The second kappa shape index (κ2) is 12.0. The number of benzene rings is 3. The van der Waals surface area contributed by atoms with Crippen LogP contribution in [-0.2, 0) is 25.6 Å². The van der Waals surface area contributed by atoms with Crippen LogP contribution in [0.4, 0.5) is 5.69 Å². The number of hydrogen-bond donors (Lipinski definition) is 0. The Morgan fingerprint density at radius 1 is 0.949 bits per heavy atom. The Labute approximate surface area is 227 Å². The molecule has 9 heteroatoms. The van der Waals surface area contributed by atoms with Gasteiger partial charge in [0.05, 0.1) is 30.6 Å². The van der Waals surface area contributed by atoms with Gasteiger partial charge in [-0.05, 0) is 56.7 Å². The van der Waals surface area contributed by atoms with Crippen LogP contribution in [-0.4, -0.2) is 50.3 Å².